The number of aromatic nitrogens is 3. The summed E-state index contributed by atoms with van der Waals surface area (Å²) in [6.45, 7) is 0.477. The van der Waals surface area contributed by atoms with Crippen molar-refractivity contribution in [2.24, 2.45) is 0 Å². The van der Waals surface area contributed by atoms with E-state index in [-0.39, 0.29) is 13.2 Å². The Kier molecular flexibility index (Phi) is 6.48. The van der Waals surface area contributed by atoms with Gasteiger partial charge in [-0.05, 0) is 29.7 Å². The highest BCUT2D eigenvalue weighted by Crippen LogP contribution is 2.29. The van der Waals surface area contributed by atoms with Crippen LogP contribution < -0.4 is 5.32 Å². The number of hydrogen-bond donors (Lipinski definition) is 1. The van der Waals surface area contributed by atoms with Crippen LogP contribution in [0.4, 0.5) is 18.0 Å². The van der Waals surface area contributed by atoms with Gasteiger partial charge in [0.1, 0.15) is 12.3 Å². The Balaban J connectivity index is 1.45. The normalized spacial score (nSPS) is 11.3. The van der Waals surface area contributed by atoms with Crippen LogP contribution in [0.15, 0.2) is 60.8 Å². The highest BCUT2D eigenvalue weighted by molar-refractivity contribution is 5.67. The molecule has 9 heteroatoms. The molecule has 0 aliphatic rings. The molecule has 29 heavy (non-hydrogen) atoms. The van der Waals surface area contributed by atoms with Crippen LogP contribution in [0.2, 0.25) is 0 Å². The van der Waals surface area contributed by atoms with E-state index in [0.29, 0.717) is 24.2 Å². The minimum atomic E-state index is -4.40. The van der Waals surface area contributed by atoms with Gasteiger partial charge in [0, 0.05) is 6.54 Å². The van der Waals surface area contributed by atoms with Crippen LogP contribution in [-0.4, -0.2) is 27.6 Å². The average molecular weight is 404 g/mol. The van der Waals surface area contributed by atoms with Gasteiger partial charge in [0.2, 0.25) is 0 Å². The van der Waals surface area contributed by atoms with E-state index in [1.54, 1.807) is 6.07 Å². The fourth-order valence-electron chi connectivity index (χ4n) is 2.66. The van der Waals surface area contributed by atoms with Crippen LogP contribution in [-0.2, 0) is 30.5 Å². The second-order valence-electron chi connectivity index (χ2n) is 6.34. The van der Waals surface area contributed by atoms with Gasteiger partial charge in [-0.2, -0.15) is 13.2 Å². The molecule has 0 aliphatic heterocycles. The number of alkyl halides is 3. The third-order valence-corrected chi connectivity index (χ3v) is 4.06. The smallest absolute Gasteiger partial charge is 0.416 e. The second kappa shape index (κ2) is 9.22. The van der Waals surface area contributed by atoms with Crippen LogP contribution >= 0.6 is 0 Å². The van der Waals surface area contributed by atoms with Gasteiger partial charge in [0.25, 0.3) is 0 Å². The minimum Gasteiger partial charge on any atom is -0.443 e. The molecule has 0 radical (unpaired) electrons. The maximum atomic E-state index is 12.8. The Morgan fingerprint density at radius 1 is 1.07 bits per heavy atom. The summed E-state index contributed by atoms with van der Waals surface area (Å²) >= 11 is 0. The number of ether oxygens (including phenoxy) is 1. The number of hydrogen-bond acceptors (Lipinski definition) is 4. The quantitative estimate of drug-likeness (QED) is 0.650. The van der Waals surface area contributed by atoms with Crippen molar-refractivity contribution in [1.29, 1.82) is 0 Å². The SMILES string of the molecule is O=C(NCCc1ccccc1)OCc1cn(Cc2cccc(C(F)(F)F)c2)nn1. The Morgan fingerprint density at radius 2 is 1.83 bits per heavy atom. The van der Waals surface area contributed by atoms with Crippen molar-refractivity contribution in [3.05, 3.63) is 83.2 Å². The highest BCUT2D eigenvalue weighted by atomic mass is 19.4. The monoisotopic (exact) mass is 404 g/mol. The molecule has 0 saturated heterocycles. The van der Waals surface area contributed by atoms with Crippen molar-refractivity contribution in [1.82, 2.24) is 20.3 Å². The predicted octanol–water partition coefficient (Wildman–Crippen LogP) is 3.81. The van der Waals surface area contributed by atoms with Crippen LogP contribution in [0.5, 0.6) is 0 Å². The molecule has 1 N–H and O–H groups in total. The van der Waals surface area contributed by atoms with E-state index >= 15 is 0 Å². The van der Waals surface area contributed by atoms with Crippen LogP contribution in [0, 0.1) is 0 Å². The van der Waals surface area contributed by atoms with Crippen LogP contribution in [0.1, 0.15) is 22.4 Å². The van der Waals surface area contributed by atoms with Crippen molar-refractivity contribution < 1.29 is 22.7 Å². The molecule has 152 valence electrons. The molecule has 0 saturated carbocycles. The van der Waals surface area contributed by atoms with E-state index in [0.717, 1.165) is 17.7 Å². The summed E-state index contributed by atoms with van der Waals surface area (Å²) in [5, 5.41) is 10.4. The topological polar surface area (TPSA) is 69.0 Å². The van der Waals surface area contributed by atoms with E-state index in [9.17, 15) is 18.0 Å². The molecule has 0 atom stereocenters. The first-order valence-electron chi connectivity index (χ1n) is 8.90. The molecule has 0 fully saturated rings. The fraction of sp³-hybridized carbons (Fsp3) is 0.250. The van der Waals surface area contributed by atoms with E-state index in [4.69, 9.17) is 4.74 Å². The predicted molar refractivity (Wildman–Crippen MR) is 98.9 cm³/mol. The number of carbonyl (C=O) groups excluding carboxylic acids is 1. The Hall–Kier alpha value is -3.36. The third-order valence-electron chi connectivity index (χ3n) is 4.06. The molecule has 2 aromatic carbocycles. The lowest BCUT2D eigenvalue weighted by Gasteiger charge is -2.08. The summed E-state index contributed by atoms with van der Waals surface area (Å²) in [6, 6.07) is 14.7. The maximum Gasteiger partial charge on any atom is 0.416 e. The number of carbonyl (C=O) groups is 1. The molecular formula is C20H19F3N4O2. The van der Waals surface area contributed by atoms with Gasteiger partial charge < -0.3 is 10.1 Å². The molecule has 1 amide bonds. The van der Waals surface area contributed by atoms with Crippen molar-refractivity contribution in [2.75, 3.05) is 6.54 Å². The van der Waals surface area contributed by atoms with Gasteiger partial charge in [-0.25, -0.2) is 9.48 Å². The maximum absolute atomic E-state index is 12.8. The lowest BCUT2D eigenvalue weighted by molar-refractivity contribution is -0.137. The molecule has 0 spiro atoms. The van der Waals surface area contributed by atoms with Crippen molar-refractivity contribution >= 4 is 6.09 Å². The number of nitrogens with one attached hydrogen (secondary N) is 1. The van der Waals surface area contributed by atoms with Gasteiger partial charge in [-0.1, -0.05) is 47.7 Å². The third kappa shape index (κ3) is 6.34. The largest absolute Gasteiger partial charge is 0.443 e. The molecule has 0 bridgehead atoms. The van der Waals surface area contributed by atoms with Crippen LogP contribution in [0.3, 0.4) is 0 Å². The molecule has 0 aliphatic carbocycles. The summed E-state index contributed by atoms with van der Waals surface area (Å²) in [5.74, 6) is 0. The van der Waals surface area contributed by atoms with Crippen LogP contribution in [0.25, 0.3) is 0 Å². The second-order valence-corrected chi connectivity index (χ2v) is 6.34. The standard InChI is InChI=1S/C20H19F3N4O2/c21-20(22,23)17-8-4-7-16(11-17)12-27-13-18(25-26-27)14-29-19(28)24-10-9-15-5-2-1-3-6-15/h1-8,11,13H,9-10,12,14H2,(H,24,28). The van der Waals surface area contributed by atoms with Crippen molar-refractivity contribution in [3.63, 3.8) is 0 Å². The van der Waals surface area contributed by atoms with E-state index in [1.165, 1.54) is 16.9 Å². The first-order valence-corrected chi connectivity index (χ1v) is 8.90. The number of amides is 1. The van der Waals surface area contributed by atoms with E-state index in [1.807, 2.05) is 30.3 Å². The van der Waals surface area contributed by atoms with E-state index in [2.05, 4.69) is 15.6 Å². The van der Waals surface area contributed by atoms with Gasteiger partial charge in [-0.15, -0.1) is 5.10 Å². The minimum absolute atomic E-state index is 0.0836. The summed E-state index contributed by atoms with van der Waals surface area (Å²) in [5.41, 5.74) is 1.22. The Morgan fingerprint density at radius 3 is 2.59 bits per heavy atom. The molecule has 6 nitrogen and oxygen atoms in total. The molecule has 1 aromatic heterocycles. The van der Waals surface area contributed by atoms with Gasteiger partial charge >= 0.3 is 12.3 Å². The van der Waals surface area contributed by atoms with Gasteiger partial charge in [-0.3, -0.25) is 0 Å². The lowest BCUT2D eigenvalue weighted by Crippen LogP contribution is -2.26. The van der Waals surface area contributed by atoms with Gasteiger partial charge in [0.15, 0.2) is 0 Å². The highest BCUT2D eigenvalue weighted by Gasteiger charge is 2.30. The first-order chi connectivity index (χ1) is 13.9. The number of rotatable bonds is 7. The fourth-order valence-corrected chi connectivity index (χ4v) is 2.66. The number of benzene rings is 2. The number of alkyl carbamates (subject to hydrolysis) is 1. The zero-order valence-electron chi connectivity index (χ0n) is 15.4. The summed E-state index contributed by atoms with van der Waals surface area (Å²) in [6.07, 6.45) is -2.76. The molecular weight excluding hydrogens is 385 g/mol. The zero-order valence-corrected chi connectivity index (χ0v) is 15.4. The molecule has 0 unspecified atom stereocenters. The lowest BCUT2D eigenvalue weighted by atomic mass is 10.1. The summed E-state index contributed by atoms with van der Waals surface area (Å²) in [4.78, 5) is 11.7. The number of halogens is 3. The summed E-state index contributed by atoms with van der Waals surface area (Å²) < 4.78 is 44.8. The zero-order chi connectivity index (χ0) is 20.7. The van der Waals surface area contributed by atoms with Crippen molar-refractivity contribution in [3.8, 4) is 0 Å². The Labute approximate surface area is 165 Å². The van der Waals surface area contributed by atoms with Crippen molar-refractivity contribution in [2.45, 2.75) is 25.7 Å². The van der Waals surface area contributed by atoms with E-state index < -0.39 is 17.8 Å². The first kappa shape index (κ1) is 20.4. The average Bonchev–Trinajstić information content (AvgIpc) is 3.14. The summed E-state index contributed by atoms with van der Waals surface area (Å²) in [7, 11) is 0. The van der Waals surface area contributed by atoms with Gasteiger partial charge in [0.05, 0.1) is 18.3 Å². The molecule has 3 aromatic rings. The number of nitrogens with zero attached hydrogens (tertiary/aromatic N) is 3. The molecule has 3 rings (SSSR count). The molecule has 1 heterocycles. The Bertz CT molecular complexity index is 942.